The van der Waals surface area contributed by atoms with Crippen molar-refractivity contribution in [1.29, 1.82) is 0 Å². The molecule has 3 amide bonds. The van der Waals surface area contributed by atoms with Gasteiger partial charge < -0.3 is 31.9 Å². The molecule has 0 bridgehead atoms. The fourth-order valence-electron chi connectivity index (χ4n) is 3.17. The molecule has 0 aliphatic rings. The zero-order valence-electron chi connectivity index (χ0n) is 20.4. The van der Waals surface area contributed by atoms with Gasteiger partial charge in [0.25, 0.3) is 0 Å². The lowest BCUT2D eigenvalue weighted by Gasteiger charge is -2.27. The number of carboxylic acid groups (broad SMARTS) is 2. The highest BCUT2D eigenvalue weighted by molar-refractivity contribution is 5.94. The number of amides is 3. The molecule has 0 aromatic heterocycles. The first-order valence-electron chi connectivity index (χ1n) is 11.3. The van der Waals surface area contributed by atoms with Gasteiger partial charge in [0, 0.05) is 6.42 Å². The van der Waals surface area contributed by atoms with Gasteiger partial charge in [0.2, 0.25) is 17.7 Å². The molecule has 0 aromatic carbocycles. The van der Waals surface area contributed by atoms with Crippen molar-refractivity contribution in [1.82, 2.24) is 16.0 Å². The van der Waals surface area contributed by atoms with E-state index in [1.54, 1.807) is 27.7 Å². The third kappa shape index (κ3) is 12.2. The van der Waals surface area contributed by atoms with Gasteiger partial charge in [-0.2, -0.15) is 0 Å². The Morgan fingerprint density at radius 3 is 1.67 bits per heavy atom. The number of hydrogen-bond acceptors (Lipinski definition) is 6. The molecule has 0 aliphatic heterocycles. The topological polar surface area (TPSA) is 188 Å². The number of carbonyl (C=O) groups excluding carboxylic acids is 3. The van der Waals surface area contributed by atoms with Crippen LogP contribution in [-0.2, 0) is 24.0 Å². The third-order valence-corrected chi connectivity index (χ3v) is 4.91. The standard InChI is InChI=1S/C22H40N4O7/c1-11(2)9-14(23)19(29)26-18(13(5)6)21(31)24-15(7-8-17(27)28)20(30)25-16(22(32)33)10-12(3)4/h11-16,18H,7-10,23H2,1-6H3,(H,24,31)(H,25,30)(H,26,29)(H,27,28)(H,32,33). The monoisotopic (exact) mass is 472 g/mol. The van der Waals surface area contributed by atoms with Crippen molar-refractivity contribution in [2.24, 2.45) is 23.5 Å². The number of rotatable bonds is 15. The van der Waals surface area contributed by atoms with Crippen LogP contribution < -0.4 is 21.7 Å². The largest absolute Gasteiger partial charge is 0.481 e. The van der Waals surface area contributed by atoms with Crippen LogP contribution >= 0.6 is 0 Å². The molecule has 4 atom stereocenters. The highest BCUT2D eigenvalue weighted by Gasteiger charge is 2.32. The van der Waals surface area contributed by atoms with Crippen LogP contribution in [0.25, 0.3) is 0 Å². The number of hydrogen-bond donors (Lipinski definition) is 6. The van der Waals surface area contributed by atoms with Crippen LogP contribution in [0.3, 0.4) is 0 Å². The van der Waals surface area contributed by atoms with Gasteiger partial charge in [-0.05, 0) is 37.0 Å². The molecule has 0 rings (SSSR count). The number of carboxylic acids is 2. The maximum atomic E-state index is 12.9. The molecule has 0 saturated heterocycles. The van der Waals surface area contributed by atoms with E-state index in [0.29, 0.717) is 6.42 Å². The molecular formula is C22H40N4O7. The first-order valence-corrected chi connectivity index (χ1v) is 11.3. The van der Waals surface area contributed by atoms with E-state index in [2.05, 4.69) is 16.0 Å². The van der Waals surface area contributed by atoms with Gasteiger partial charge in [-0.15, -0.1) is 0 Å². The molecule has 0 aliphatic carbocycles. The summed E-state index contributed by atoms with van der Waals surface area (Å²) in [6.45, 7) is 10.8. The van der Waals surface area contributed by atoms with Crippen molar-refractivity contribution in [3.63, 3.8) is 0 Å². The Balaban J connectivity index is 5.50. The molecule has 0 spiro atoms. The molecule has 33 heavy (non-hydrogen) atoms. The highest BCUT2D eigenvalue weighted by Crippen LogP contribution is 2.09. The van der Waals surface area contributed by atoms with Gasteiger partial charge >= 0.3 is 11.9 Å². The van der Waals surface area contributed by atoms with Gasteiger partial charge in [-0.1, -0.05) is 41.5 Å². The van der Waals surface area contributed by atoms with Crippen molar-refractivity contribution >= 4 is 29.7 Å². The van der Waals surface area contributed by atoms with E-state index in [1.165, 1.54) is 0 Å². The summed E-state index contributed by atoms with van der Waals surface area (Å²) in [4.78, 5) is 60.6. The van der Waals surface area contributed by atoms with E-state index in [0.717, 1.165) is 0 Å². The number of aliphatic carboxylic acids is 2. The lowest BCUT2D eigenvalue weighted by Crippen LogP contribution is -2.58. The SMILES string of the molecule is CC(C)CC(N)C(=O)NC(C(=O)NC(CCC(=O)O)C(=O)NC(CC(C)C)C(=O)O)C(C)C. The van der Waals surface area contributed by atoms with E-state index >= 15 is 0 Å². The fraction of sp³-hybridized carbons (Fsp3) is 0.773. The van der Waals surface area contributed by atoms with Gasteiger partial charge in [-0.3, -0.25) is 19.2 Å². The number of carbonyl (C=O) groups is 5. The van der Waals surface area contributed by atoms with Gasteiger partial charge in [0.15, 0.2) is 0 Å². The fourth-order valence-corrected chi connectivity index (χ4v) is 3.17. The summed E-state index contributed by atoms with van der Waals surface area (Å²) in [6, 6.07) is -4.29. The summed E-state index contributed by atoms with van der Waals surface area (Å²) in [7, 11) is 0. The lowest BCUT2D eigenvalue weighted by molar-refractivity contribution is -0.143. The van der Waals surface area contributed by atoms with Gasteiger partial charge in [0.05, 0.1) is 6.04 Å². The predicted octanol–water partition coefficient (Wildman–Crippen LogP) is 0.466. The summed E-state index contributed by atoms with van der Waals surface area (Å²) < 4.78 is 0. The second-order valence-corrected chi connectivity index (χ2v) is 9.49. The molecule has 7 N–H and O–H groups in total. The van der Waals surface area contributed by atoms with Crippen LogP contribution in [0.1, 0.15) is 67.2 Å². The van der Waals surface area contributed by atoms with Crippen LogP contribution in [0, 0.1) is 17.8 Å². The first-order chi connectivity index (χ1) is 15.1. The number of nitrogens with two attached hydrogens (primary N) is 1. The van der Waals surface area contributed by atoms with Crippen molar-refractivity contribution < 1.29 is 34.2 Å². The van der Waals surface area contributed by atoms with Crippen molar-refractivity contribution in [2.45, 2.75) is 91.4 Å². The minimum absolute atomic E-state index is 0.0194. The van der Waals surface area contributed by atoms with E-state index in [9.17, 15) is 29.1 Å². The smallest absolute Gasteiger partial charge is 0.326 e. The van der Waals surface area contributed by atoms with Crippen LogP contribution in [-0.4, -0.2) is 64.0 Å². The Bertz CT molecular complexity index is 694. The van der Waals surface area contributed by atoms with Crippen LogP contribution in [0.5, 0.6) is 0 Å². The molecule has 190 valence electrons. The van der Waals surface area contributed by atoms with E-state index in [1.807, 2.05) is 13.8 Å². The highest BCUT2D eigenvalue weighted by atomic mass is 16.4. The Morgan fingerprint density at radius 2 is 1.24 bits per heavy atom. The van der Waals surface area contributed by atoms with Gasteiger partial charge in [0.1, 0.15) is 18.1 Å². The number of nitrogens with one attached hydrogen (secondary N) is 3. The van der Waals surface area contributed by atoms with Crippen LogP contribution in [0.2, 0.25) is 0 Å². The van der Waals surface area contributed by atoms with Gasteiger partial charge in [-0.25, -0.2) is 4.79 Å². The van der Waals surface area contributed by atoms with Crippen molar-refractivity contribution in [3.05, 3.63) is 0 Å². The van der Waals surface area contributed by atoms with E-state index in [-0.39, 0.29) is 30.6 Å². The summed E-state index contributed by atoms with van der Waals surface area (Å²) in [6.07, 6.45) is -0.0712. The molecule has 0 radical (unpaired) electrons. The van der Waals surface area contributed by atoms with Crippen LogP contribution in [0.4, 0.5) is 0 Å². The average Bonchev–Trinajstić information content (AvgIpc) is 2.66. The zero-order valence-corrected chi connectivity index (χ0v) is 20.4. The molecule has 11 nitrogen and oxygen atoms in total. The second kappa shape index (κ2) is 14.5. The molecule has 0 saturated carbocycles. The lowest BCUT2D eigenvalue weighted by atomic mass is 9.99. The van der Waals surface area contributed by atoms with E-state index in [4.69, 9.17) is 10.8 Å². The molecule has 0 heterocycles. The maximum Gasteiger partial charge on any atom is 0.326 e. The molecule has 11 heteroatoms. The normalized spacial score (nSPS) is 15.0. The van der Waals surface area contributed by atoms with Crippen molar-refractivity contribution in [3.8, 4) is 0 Å². The third-order valence-electron chi connectivity index (χ3n) is 4.91. The molecular weight excluding hydrogens is 432 g/mol. The first kappa shape index (κ1) is 30.3. The summed E-state index contributed by atoms with van der Waals surface area (Å²) in [5.41, 5.74) is 5.89. The molecule has 0 aromatic rings. The summed E-state index contributed by atoms with van der Waals surface area (Å²) in [5, 5.41) is 25.8. The Labute approximate surface area is 195 Å². The predicted molar refractivity (Wildman–Crippen MR) is 122 cm³/mol. The van der Waals surface area contributed by atoms with Crippen molar-refractivity contribution in [2.75, 3.05) is 0 Å². The quantitative estimate of drug-likeness (QED) is 0.198. The minimum atomic E-state index is -1.29. The minimum Gasteiger partial charge on any atom is -0.481 e. The van der Waals surface area contributed by atoms with Crippen LogP contribution in [0.15, 0.2) is 0 Å². The summed E-state index contributed by atoms with van der Waals surface area (Å²) in [5.74, 6) is -4.59. The average molecular weight is 473 g/mol. The molecule has 0 fully saturated rings. The summed E-state index contributed by atoms with van der Waals surface area (Å²) >= 11 is 0. The second-order valence-electron chi connectivity index (χ2n) is 9.49. The Kier molecular flexibility index (Phi) is 13.3. The van der Waals surface area contributed by atoms with E-state index < -0.39 is 60.2 Å². The Hall–Kier alpha value is -2.69. The maximum absolute atomic E-state index is 12.9. The Morgan fingerprint density at radius 1 is 0.727 bits per heavy atom. The molecule has 4 unspecified atom stereocenters. The zero-order chi connectivity index (χ0) is 25.9.